The number of benzene rings is 1. The number of amides is 2. The van der Waals surface area contributed by atoms with Crippen LogP contribution in [0.25, 0.3) is 0 Å². The molecule has 1 saturated carbocycles. The summed E-state index contributed by atoms with van der Waals surface area (Å²) in [5, 5.41) is 0. The highest BCUT2D eigenvalue weighted by molar-refractivity contribution is 6.01. The van der Waals surface area contributed by atoms with Gasteiger partial charge in [-0.2, -0.15) is 0 Å². The van der Waals surface area contributed by atoms with E-state index in [1.807, 2.05) is 55.6 Å². The molecule has 2 aromatic rings. The highest BCUT2D eigenvalue weighted by Gasteiger charge is 2.48. The minimum absolute atomic E-state index is 0.0160. The molecule has 5 nitrogen and oxygen atoms in total. The van der Waals surface area contributed by atoms with Gasteiger partial charge < -0.3 is 9.80 Å². The van der Waals surface area contributed by atoms with Gasteiger partial charge in [-0.15, -0.1) is 0 Å². The first kappa shape index (κ1) is 16.8. The molecule has 1 aromatic carbocycles. The molecule has 26 heavy (non-hydrogen) atoms. The average molecular weight is 349 g/mol. The van der Waals surface area contributed by atoms with E-state index >= 15 is 0 Å². The van der Waals surface area contributed by atoms with Crippen molar-refractivity contribution in [2.24, 2.45) is 5.92 Å². The van der Waals surface area contributed by atoms with Crippen molar-refractivity contribution < 1.29 is 9.59 Å². The summed E-state index contributed by atoms with van der Waals surface area (Å²) in [5.41, 5.74) is 2.02. The molecule has 4 rings (SSSR count). The number of carbonyl (C=O) groups is 2. The van der Waals surface area contributed by atoms with Crippen molar-refractivity contribution in [1.82, 2.24) is 9.88 Å². The summed E-state index contributed by atoms with van der Waals surface area (Å²) in [7, 11) is 0. The monoisotopic (exact) mass is 349 g/mol. The smallest absolute Gasteiger partial charge is 0.249 e. The lowest BCUT2D eigenvalue weighted by atomic mass is 10.1. The molecule has 1 saturated heterocycles. The fourth-order valence-corrected chi connectivity index (χ4v) is 3.99. The van der Waals surface area contributed by atoms with Crippen LogP contribution >= 0.6 is 0 Å². The van der Waals surface area contributed by atoms with Crippen molar-refractivity contribution in [2.45, 2.75) is 31.7 Å². The molecule has 0 N–H and O–H groups in total. The van der Waals surface area contributed by atoms with E-state index in [0.717, 1.165) is 17.7 Å². The van der Waals surface area contributed by atoms with Crippen LogP contribution in [-0.4, -0.2) is 40.8 Å². The fraction of sp³-hybridized carbons (Fsp3) is 0.381. The Kier molecular flexibility index (Phi) is 4.45. The Labute approximate surface area is 153 Å². The standard InChI is InChI=1S/C21H23N3O2/c1-2-23(20(25)18-13-17(18)15-7-6-11-22-14-15)19-10-12-24(21(19)26)16-8-4-3-5-9-16/h3-9,11,14,17-19H,2,10,12-13H2,1H3/t17-,18+,19+/m0/s1. The zero-order chi connectivity index (χ0) is 18.1. The number of hydrogen-bond donors (Lipinski definition) is 0. The normalized spacial score (nSPS) is 24.6. The van der Waals surface area contributed by atoms with Gasteiger partial charge >= 0.3 is 0 Å². The molecule has 3 atom stereocenters. The van der Waals surface area contributed by atoms with Crippen molar-refractivity contribution >= 4 is 17.5 Å². The van der Waals surface area contributed by atoms with E-state index in [-0.39, 0.29) is 29.7 Å². The van der Waals surface area contributed by atoms with Gasteiger partial charge in [-0.3, -0.25) is 14.6 Å². The Morgan fingerprint density at radius 3 is 2.73 bits per heavy atom. The topological polar surface area (TPSA) is 53.5 Å². The van der Waals surface area contributed by atoms with Crippen molar-refractivity contribution in [3.05, 3.63) is 60.4 Å². The summed E-state index contributed by atoms with van der Waals surface area (Å²) in [5.74, 6) is 0.365. The lowest BCUT2D eigenvalue weighted by Gasteiger charge is -2.27. The molecule has 1 aliphatic carbocycles. The Hall–Kier alpha value is -2.69. The van der Waals surface area contributed by atoms with Crippen LogP contribution in [0.2, 0.25) is 0 Å². The Balaban J connectivity index is 1.46. The number of rotatable bonds is 5. The van der Waals surface area contributed by atoms with Gasteiger partial charge in [0.25, 0.3) is 0 Å². The van der Waals surface area contributed by atoms with Crippen molar-refractivity contribution in [3.8, 4) is 0 Å². The van der Waals surface area contributed by atoms with Crippen molar-refractivity contribution in [3.63, 3.8) is 0 Å². The van der Waals surface area contributed by atoms with Crippen LogP contribution in [-0.2, 0) is 9.59 Å². The quantitative estimate of drug-likeness (QED) is 0.834. The van der Waals surface area contributed by atoms with Crippen molar-refractivity contribution in [2.75, 3.05) is 18.0 Å². The van der Waals surface area contributed by atoms with Gasteiger partial charge in [0.1, 0.15) is 6.04 Å². The van der Waals surface area contributed by atoms with E-state index in [1.54, 1.807) is 16.0 Å². The molecule has 2 aliphatic rings. The first-order valence-electron chi connectivity index (χ1n) is 9.27. The maximum absolute atomic E-state index is 13.0. The number of likely N-dealkylation sites (N-methyl/N-ethyl adjacent to an activating group) is 1. The summed E-state index contributed by atoms with van der Waals surface area (Å²) in [4.78, 5) is 33.7. The molecule has 2 amide bonds. The summed E-state index contributed by atoms with van der Waals surface area (Å²) >= 11 is 0. The maximum Gasteiger partial charge on any atom is 0.249 e. The minimum atomic E-state index is -0.345. The molecule has 1 aromatic heterocycles. The summed E-state index contributed by atoms with van der Waals surface area (Å²) in [6.45, 7) is 3.18. The number of carbonyl (C=O) groups excluding carboxylic acids is 2. The van der Waals surface area contributed by atoms with Gasteiger partial charge in [0.15, 0.2) is 0 Å². The van der Waals surface area contributed by atoms with Crippen LogP contribution in [0.1, 0.15) is 31.2 Å². The predicted molar refractivity (Wildman–Crippen MR) is 99.7 cm³/mol. The molecule has 2 heterocycles. The van der Waals surface area contributed by atoms with E-state index in [1.165, 1.54) is 0 Å². The van der Waals surface area contributed by atoms with E-state index in [9.17, 15) is 9.59 Å². The van der Waals surface area contributed by atoms with Crippen LogP contribution in [0.4, 0.5) is 5.69 Å². The Morgan fingerprint density at radius 1 is 1.23 bits per heavy atom. The molecular formula is C21H23N3O2. The number of hydrogen-bond acceptors (Lipinski definition) is 3. The second-order valence-electron chi connectivity index (χ2n) is 6.99. The van der Waals surface area contributed by atoms with E-state index < -0.39 is 0 Å². The van der Waals surface area contributed by atoms with Crippen LogP contribution in [0.15, 0.2) is 54.9 Å². The van der Waals surface area contributed by atoms with Gasteiger partial charge in [-0.05, 0) is 49.4 Å². The molecule has 2 fully saturated rings. The third-order valence-corrected chi connectivity index (χ3v) is 5.47. The van der Waals surface area contributed by atoms with Gasteiger partial charge in [0.2, 0.25) is 11.8 Å². The minimum Gasteiger partial charge on any atom is -0.331 e. The SMILES string of the molecule is CCN(C(=O)[C@@H]1C[C@H]1c1cccnc1)[C@@H]1CCN(c2ccccc2)C1=O. The molecule has 1 aliphatic heterocycles. The number of para-hydroxylation sites is 1. The zero-order valence-corrected chi connectivity index (χ0v) is 14.9. The lowest BCUT2D eigenvalue weighted by Crippen LogP contribution is -2.46. The summed E-state index contributed by atoms with van der Waals surface area (Å²) in [6.07, 6.45) is 5.13. The molecule has 0 unspecified atom stereocenters. The van der Waals surface area contributed by atoms with E-state index in [2.05, 4.69) is 4.98 Å². The zero-order valence-electron chi connectivity index (χ0n) is 14.9. The Bertz CT molecular complexity index is 793. The van der Waals surface area contributed by atoms with Crippen LogP contribution < -0.4 is 4.90 Å². The largest absolute Gasteiger partial charge is 0.331 e. The number of nitrogens with zero attached hydrogens (tertiary/aromatic N) is 3. The Morgan fingerprint density at radius 2 is 2.04 bits per heavy atom. The maximum atomic E-state index is 13.0. The second-order valence-corrected chi connectivity index (χ2v) is 6.99. The average Bonchev–Trinajstić information content (AvgIpc) is 3.41. The second kappa shape index (κ2) is 6.90. The lowest BCUT2D eigenvalue weighted by molar-refractivity contribution is -0.139. The van der Waals surface area contributed by atoms with E-state index in [0.29, 0.717) is 19.5 Å². The van der Waals surface area contributed by atoms with Gasteiger partial charge in [0.05, 0.1) is 0 Å². The van der Waals surface area contributed by atoms with Gasteiger partial charge in [-0.25, -0.2) is 0 Å². The molecule has 0 spiro atoms. The molecular weight excluding hydrogens is 326 g/mol. The predicted octanol–water partition coefficient (Wildman–Crippen LogP) is 2.84. The number of anilines is 1. The fourth-order valence-electron chi connectivity index (χ4n) is 3.99. The molecule has 134 valence electrons. The molecule has 0 radical (unpaired) electrons. The van der Waals surface area contributed by atoms with Crippen LogP contribution in [0.5, 0.6) is 0 Å². The first-order chi connectivity index (χ1) is 12.7. The molecule has 5 heteroatoms. The summed E-state index contributed by atoms with van der Waals surface area (Å²) < 4.78 is 0. The van der Waals surface area contributed by atoms with Gasteiger partial charge in [-0.1, -0.05) is 24.3 Å². The van der Waals surface area contributed by atoms with E-state index in [4.69, 9.17) is 0 Å². The highest BCUT2D eigenvalue weighted by atomic mass is 16.2. The first-order valence-corrected chi connectivity index (χ1v) is 9.27. The highest BCUT2D eigenvalue weighted by Crippen LogP contribution is 2.48. The van der Waals surface area contributed by atoms with Crippen molar-refractivity contribution in [1.29, 1.82) is 0 Å². The van der Waals surface area contributed by atoms with Crippen LogP contribution in [0.3, 0.4) is 0 Å². The molecule has 0 bridgehead atoms. The van der Waals surface area contributed by atoms with Gasteiger partial charge in [0, 0.05) is 37.1 Å². The number of pyridine rings is 1. The van der Waals surface area contributed by atoms with Crippen LogP contribution in [0, 0.1) is 5.92 Å². The third kappa shape index (κ3) is 2.98. The summed E-state index contributed by atoms with van der Waals surface area (Å²) in [6, 6.07) is 13.3. The number of aromatic nitrogens is 1. The third-order valence-electron chi connectivity index (χ3n) is 5.47.